The molecule has 8 nitrogen and oxygen atoms in total. The highest BCUT2D eigenvalue weighted by Gasteiger charge is 2.33. The number of para-hydroxylation sites is 1. The predicted molar refractivity (Wildman–Crippen MR) is 178 cm³/mol. The van der Waals surface area contributed by atoms with E-state index in [1.165, 1.54) is 0 Å². The molecule has 0 saturated carbocycles. The average molecular weight is 679 g/mol. The van der Waals surface area contributed by atoms with Crippen LogP contribution in [0.4, 0.5) is 22.7 Å². The zero-order valence-corrected chi connectivity index (χ0v) is 27.1. The number of sulfonamides is 1. The quantitative estimate of drug-likeness (QED) is 0.108. The van der Waals surface area contributed by atoms with E-state index in [-0.39, 0.29) is 23.1 Å². The maximum atomic E-state index is 13.4. The maximum Gasteiger partial charge on any atom is 0.306 e. The van der Waals surface area contributed by atoms with Crippen LogP contribution in [0.15, 0.2) is 106 Å². The first kappa shape index (κ1) is 31.4. The van der Waals surface area contributed by atoms with Crippen LogP contribution in [0.3, 0.4) is 0 Å². The van der Waals surface area contributed by atoms with Gasteiger partial charge in [-0.05, 0) is 81.1 Å². The van der Waals surface area contributed by atoms with Crippen molar-refractivity contribution in [3.05, 3.63) is 107 Å². The molecular formula is C34H36BrN3O5S. The number of nitrogens with zero attached hydrogens (tertiary/aromatic N) is 1. The summed E-state index contributed by atoms with van der Waals surface area (Å²) in [7, 11) is -3.90. The lowest BCUT2D eigenvalue weighted by Gasteiger charge is -2.27. The maximum absolute atomic E-state index is 13.4. The van der Waals surface area contributed by atoms with E-state index in [1.54, 1.807) is 30.3 Å². The van der Waals surface area contributed by atoms with Gasteiger partial charge in [0.05, 0.1) is 34.7 Å². The molecule has 4 aromatic carbocycles. The van der Waals surface area contributed by atoms with Gasteiger partial charge in [-0.15, -0.1) is 0 Å². The van der Waals surface area contributed by atoms with Gasteiger partial charge in [0.15, 0.2) is 0 Å². The van der Waals surface area contributed by atoms with Crippen LogP contribution in [-0.2, 0) is 19.6 Å². The van der Waals surface area contributed by atoms with E-state index in [1.807, 2.05) is 68.4 Å². The Morgan fingerprint density at radius 2 is 1.61 bits per heavy atom. The molecule has 0 spiro atoms. The molecule has 44 heavy (non-hydrogen) atoms. The van der Waals surface area contributed by atoms with Crippen molar-refractivity contribution in [1.29, 1.82) is 0 Å². The minimum atomic E-state index is -3.90. The highest BCUT2D eigenvalue weighted by atomic mass is 79.9. The lowest BCUT2D eigenvalue weighted by Crippen LogP contribution is -2.23. The Balaban J connectivity index is 1.44. The molecule has 0 fully saturated rings. The Bertz CT molecular complexity index is 1670. The fraction of sp³-hybridized carbons (Fsp3) is 0.265. The van der Waals surface area contributed by atoms with Crippen molar-refractivity contribution in [2.24, 2.45) is 0 Å². The second-order valence-corrected chi connectivity index (χ2v) is 13.4. The molecule has 0 amide bonds. The van der Waals surface area contributed by atoms with Crippen LogP contribution in [-0.4, -0.2) is 27.1 Å². The summed E-state index contributed by atoms with van der Waals surface area (Å²) >= 11 is 3.36. The Kier molecular flexibility index (Phi) is 10.1. The number of anilines is 4. The van der Waals surface area contributed by atoms with Crippen molar-refractivity contribution in [1.82, 2.24) is 0 Å². The Labute approximate surface area is 267 Å². The lowest BCUT2D eigenvalue weighted by atomic mass is 10.1. The number of unbranched alkanes of at least 4 members (excludes halogenated alkanes) is 2. The molecule has 1 atom stereocenters. The van der Waals surface area contributed by atoms with Crippen molar-refractivity contribution in [2.75, 3.05) is 21.5 Å². The van der Waals surface area contributed by atoms with Crippen LogP contribution in [0.25, 0.3) is 0 Å². The van der Waals surface area contributed by atoms with Crippen molar-refractivity contribution < 1.29 is 22.7 Å². The van der Waals surface area contributed by atoms with Crippen LogP contribution in [0.2, 0.25) is 0 Å². The minimum Gasteiger partial charge on any atom is -0.491 e. The molecule has 1 unspecified atom stereocenters. The minimum absolute atomic E-state index is 0.128. The van der Waals surface area contributed by atoms with E-state index in [4.69, 9.17) is 9.47 Å². The molecule has 1 heterocycles. The van der Waals surface area contributed by atoms with Crippen molar-refractivity contribution >= 4 is 54.7 Å². The van der Waals surface area contributed by atoms with Gasteiger partial charge in [-0.3, -0.25) is 9.52 Å². The summed E-state index contributed by atoms with van der Waals surface area (Å²) in [6.45, 7) is 4.02. The smallest absolute Gasteiger partial charge is 0.306 e. The van der Waals surface area contributed by atoms with Crippen molar-refractivity contribution in [3.63, 3.8) is 0 Å². The second-order valence-electron chi connectivity index (χ2n) is 10.8. The third-order valence-electron chi connectivity index (χ3n) is 7.08. The zero-order chi connectivity index (χ0) is 31.1. The van der Waals surface area contributed by atoms with E-state index in [9.17, 15) is 13.2 Å². The van der Waals surface area contributed by atoms with E-state index < -0.39 is 10.0 Å². The van der Waals surface area contributed by atoms with Gasteiger partial charge in [0.2, 0.25) is 0 Å². The first-order valence-corrected chi connectivity index (χ1v) is 16.9. The molecule has 4 aromatic rings. The highest BCUT2D eigenvalue weighted by molar-refractivity contribution is 9.10. The number of fused-ring (bicyclic) bond motifs is 1. The van der Waals surface area contributed by atoms with Gasteiger partial charge in [0.25, 0.3) is 10.0 Å². The summed E-state index contributed by atoms with van der Waals surface area (Å²) in [6.07, 6.45) is 2.16. The predicted octanol–water partition coefficient (Wildman–Crippen LogP) is 8.40. The van der Waals surface area contributed by atoms with Gasteiger partial charge in [-0.25, -0.2) is 8.42 Å². The van der Waals surface area contributed by atoms with Crippen LogP contribution in [0, 0.1) is 0 Å². The molecule has 0 radical (unpaired) electrons. The molecule has 1 aliphatic heterocycles. The number of ether oxygens (including phenoxy) is 2. The fourth-order valence-electron chi connectivity index (χ4n) is 5.05. The number of benzene rings is 4. The van der Waals surface area contributed by atoms with Gasteiger partial charge in [-0.1, -0.05) is 64.5 Å². The van der Waals surface area contributed by atoms with Gasteiger partial charge in [0.1, 0.15) is 11.9 Å². The monoisotopic (exact) mass is 677 g/mol. The van der Waals surface area contributed by atoms with Crippen LogP contribution in [0.1, 0.15) is 51.3 Å². The van der Waals surface area contributed by atoms with E-state index in [0.29, 0.717) is 37.3 Å². The molecule has 0 saturated heterocycles. The molecule has 0 bridgehead atoms. The number of rotatable bonds is 13. The Hall–Kier alpha value is -4.02. The lowest BCUT2D eigenvalue weighted by molar-refractivity contribution is -0.147. The Morgan fingerprint density at radius 1 is 0.932 bits per heavy atom. The molecule has 0 aromatic heterocycles. The van der Waals surface area contributed by atoms with E-state index in [0.717, 1.165) is 33.5 Å². The summed E-state index contributed by atoms with van der Waals surface area (Å²) in [5, 5.41) is 3.59. The largest absolute Gasteiger partial charge is 0.491 e. The normalized spacial score (nSPS) is 14.2. The summed E-state index contributed by atoms with van der Waals surface area (Å²) in [4.78, 5) is 14.2. The molecule has 0 aliphatic carbocycles. The number of halogens is 1. The molecule has 10 heteroatoms. The molecular weight excluding hydrogens is 642 g/mol. The molecule has 2 N–H and O–H groups in total. The van der Waals surface area contributed by atoms with Gasteiger partial charge < -0.3 is 19.7 Å². The average Bonchev–Trinajstić information content (AvgIpc) is 3.37. The topological polar surface area (TPSA) is 97.0 Å². The van der Waals surface area contributed by atoms with Crippen LogP contribution < -0.4 is 19.7 Å². The number of carbonyl (C=O) groups excluding carboxylic acids is 1. The molecule has 1 aliphatic rings. The van der Waals surface area contributed by atoms with Crippen molar-refractivity contribution in [3.8, 4) is 5.75 Å². The Morgan fingerprint density at radius 3 is 2.30 bits per heavy atom. The van der Waals surface area contributed by atoms with Gasteiger partial charge in [0, 0.05) is 22.6 Å². The summed E-state index contributed by atoms with van der Waals surface area (Å²) in [6, 6.07) is 30.3. The fourth-order valence-corrected chi connectivity index (χ4v) is 6.37. The zero-order valence-electron chi connectivity index (χ0n) is 24.7. The van der Waals surface area contributed by atoms with Crippen molar-refractivity contribution in [2.45, 2.75) is 56.7 Å². The molecule has 5 rings (SSSR count). The number of carbonyl (C=O) groups is 1. The van der Waals surface area contributed by atoms with Gasteiger partial charge >= 0.3 is 5.97 Å². The van der Waals surface area contributed by atoms with E-state index in [2.05, 4.69) is 43.0 Å². The highest BCUT2D eigenvalue weighted by Crippen LogP contribution is 2.49. The molecule has 230 valence electrons. The van der Waals surface area contributed by atoms with Gasteiger partial charge in [-0.2, -0.15) is 0 Å². The van der Waals surface area contributed by atoms with Crippen LogP contribution in [0.5, 0.6) is 5.75 Å². The number of nitrogens with one attached hydrogen (secondary N) is 2. The summed E-state index contributed by atoms with van der Waals surface area (Å²) < 4.78 is 41.9. The first-order valence-electron chi connectivity index (χ1n) is 14.7. The standard InChI is InChI=1S/C34H36BrN3O5S/c1-24(2)43-33(39)16-10-5-11-21-42-32-23-31-29(22-30(32)37-44(40,41)28-19-17-26(35)18-20-28)36-34(25-12-6-3-7-13-25)38(31)27-14-8-4-9-15-27/h3-4,6-9,12-15,17-20,22-24,34,36-37H,5,10-11,16,21H2,1-2H3. The number of hydrogen-bond donors (Lipinski definition) is 2. The SMILES string of the molecule is CC(C)OC(=O)CCCCCOc1cc2c(cc1NS(=O)(=O)c1ccc(Br)cc1)NC(c1ccccc1)N2c1ccccc1. The van der Waals surface area contributed by atoms with Crippen LogP contribution >= 0.6 is 15.9 Å². The number of hydrogen-bond acceptors (Lipinski definition) is 7. The second kappa shape index (κ2) is 14.2. The third-order valence-corrected chi connectivity index (χ3v) is 8.99. The third kappa shape index (κ3) is 7.73. The first-order chi connectivity index (χ1) is 21.2. The number of esters is 1. The van der Waals surface area contributed by atoms with E-state index >= 15 is 0 Å². The summed E-state index contributed by atoms with van der Waals surface area (Å²) in [5.74, 6) is 0.214. The summed E-state index contributed by atoms with van der Waals surface area (Å²) in [5.41, 5.74) is 4.01.